The van der Waals surface area contributed by atoms with Crippen molar-refractivity contribution in [1.29, 1.82) is 0 Å². The average Bonchev–Trinajstić information content (AvgIpc) is 2.17. The molecule has 0 aliphatic heterocycles. The highest BCUT2D eigenvalue weighted by molar-refractivity contribution is 7.89. The molecule has 0 bridgehead atoms. The van der Waals surface area contributed by atoms with Gasteiger partial charge in [-0.2, -0.15) is 0 Å². The van der Waals surface area contributed by atoms with E-state index in [1.54, 1.807) is 0 Å². The third-order valence-electron chi connectivity index (χ3n) is 2.15. The Morgan fingerprint density at radius 2 is 1.93 bits per heavy atom. The van der Waals surface area contributed by atoms with E-state index in [9.17, 15) is 17.2 Å². The number of nitrogens with one attached hydrogen (secondary N) is 1. The molecule has 0 aliphatic carbocycles. The Kier molecular flexibility index (Phi) is 3.41. The number of sulfonamides is 1. The monoisotopic (exact) mass is 235 g/mol. The fourth-order valence-electron chi connectivity index (χ4n) is 1.18. The lowest BCUT2D eigenvalue weighted by Gasteiger charge is -2.12. The first-order chi connectivity index (χ1) is 6.88. The fraction of sp³-hybridized carbons (Fsp3) is 0.333. The first kappa shape index (κ1) is 12.1. The summed E-state index contributed by atoms with van der Waals surface area (Å²) in [6, 6.07) is 2.82. The highest BCUT2D eigenvalue weighted by Crippen LogP contribution is 2.23. The molecule has 1 aromatic rings. The van der Waals surface area contributed by atoms with E-state index in [0.29, 0.717) is 6.07 Å². The van der Waals surface area contributed by atoms with Gasteiger partial charge in [-0.05, 0) is 20.0 Å². The van der Waals surface area contributed by atoms with Crippen LogP contribution in [0.25, 0.3) is 0 Å². The van der Waals surface area contributed by atoms with Gasteiger partial charge in [-0.1, -0.05) is 6.07 Å². The topological polar surface area (TPSA) is 46.2 Å². The summed E-state index contributed by atoms with van der Waals surface area (Å²) < 4.78 is 50.6. The number of hydrogen-bond donors (Lipinski definition) is 1. The molecule has 0 fully saturated rings. The van der Waals surface area contributed by atoms with E-state index in [1.165, 1.54) is 14.0 Å². The van der Waals surface area contributed by atoms with E-state index in [-0.39, 0.29) is 5.56 Å². The van der Waals surface area contributed by atoms with Crippen molar-refractivity contribution in [2.24, 2.45) is 0 Å². The largest absolute Gasteiger partial charge is 0.218 e. The van der Waals surface area contributed by atoms with Gasteiger partial charge in [0, 0.05) is 11.6 Å². The predicted octanol–water partition coefficient (Wildman–Crippen LogP) is 1.57. The van der Waals surface area contributed by atoms with Crippen LogP contribution in [0.1, 0.15) is 17.7 Å². The van der Waals surface area contributed by atoms with Crippen LogP contribution in [0.4, 0.5) is 8.78 Å². The van der Waals surface area contributed by atoms with Gasteiger partial charge < -0.3 is 0 Å². The van der Waals surface area contributed by atoms with Crippen LogP contribution < -0.4 is 4.72 Å². The lowest BCUT2D eigenvalue weighted by molar-refractivity contribution is 0.555. The molecule has 1 unspecified atom stereocenters. The van der Waals surface area contributed by atoms with Gasteiger partial charge in [-0.3, -0.25) is 0 Å². The Morgan fingerprint density at radius 3 is 2.40 bits per heavy atom. The first-order valence-electron chi connectivity index (χ1n) is 4.26. The number of rotatable bonds is 3. The van der Waals surface area contributed by atoms with E-state index >= 15 is 0 Å². The maximum absolute atomic E-state index is 13.2. The van der Waals surface area contributed by atoms with E-state index in [4.69, 9.17) is 0 Å². The van der Waals surface area contributed by atoms with Gasteiger partial charge in [0.1, 0.15) is 16.9 Å². The summed E-state index contributed by atoms with van der Waals surface area (Å²) in [5.41, 5.74) is -0.0502. The highest BCUT2D eigenvalue weighted by Gasteiger charge is 2.23. The number of halogens is 2. The highest BCUT2D eigenvalue weighted by atomic mass is 32.2. The molecule has 0 aliphatic rings. The quantitative estimate of drug-likeness (QED) is 0.864. The van der Waals surface area contributed by atoms with Crippen LogP contribution in [0, 0.1) is 11.6 Å². The molecule has 0 saturated heterocycles. The van der Waals surface area contributed by atoms with Crippen molar-refractivity contribution in [1.82, 2.24) is 4.72 Å². The zero-order valence-corrected chi connectivity index (χ0v) is 9.11. The standard InChI is InChI=1S/C9H11F2NO2S/c1-6(15(13,14)12-2)8-4-3-7(10)5-9(8)11/h3-6,12H,1-2H3. The molecule has 0 saturated carbocycles. The fourth-order valence-corrected chi connectivity index (χ4v) is 2.05. The molecule has 1 N–H and O–H groups in total. The molecule has 1 rings (SSSR count). The van der Waals surface area contributed by atoms with E-state index in [1.807, 2.05) is 0 Å². The molecule has 15 heavy (non-hydrogen) atoms. The van der Waals surface area contributed by atoms with Crippen LogP contribution >= 0.6 is 0 Å². The molecule has 6 heteroatoms. The minimum atomic E-state index is -3.60. The maximum atomic E-state index is 13.2. The molecule has 1 atom stereocenters. The average molecular weight is 235 g/mol. The van der Waals surface area contributed by atoms with Crippen LogP contribution in [0.2, 0.25) is 0 Å². The van der Waals surface area contributed by atoms with Crippen molar-refractivity contribution in [2.45, 2.75) is 12.2 Å². The molecule has 0 heterocycles. The zero-order valence-electron chi connectivity index (χ0n) is 8.29. The summed E-state index contributed by atoms with van der Waals surface area (Å²) in [6.07, 6.45) is 0. The van der Waals surface area contributed by atoms with Crippen LogP contribution in [-0.4, -0.2) is 15.5 Å². The predicted molar refractivity (Wildman–Crippen MR) is 52.8 cm³/mol. The normalized spacial score (nSPS) is 13.9. The van der Waals surface area contributed by atoms with Gasteiger partial charge in [0.25, 0.3) is 0 Å². The Bertz CT molecular complexity index is 459. The zero-order chi connectivity index (χ0) is 11.6. The summed E-state index contributed by atoms with van der Waals surface area (Å²) in [5.74, 6) is -1.59. The minimum Gasteiger partial charge on any atom is -0.218 e. The van der Waals surface area contributed by atoms with Crippen molar-refractivity contribution in [3.05, 3.63) is 35.4 Å². The maximum Gasteiger partial charge on any atom is 0.218 e. The summed E-state index contributed by atoms with van der Waals surface area (Å²) in [5, 5.41) is -1.05. The number of benzene rings is 1. The van der Waals surface area contributed by atoms with Crippen molar-refractivity contribution in [3.8, 4) is 0 Å². The summed E-state index contributed by atoms with van der Waals surface area (Å²) in [4.78, 5) is 0. The van der Waals surface area contributed by atoms with E-state index < -0.39 is 26.9 Å². The summed E-state index contributed by atoms with van der Waals surface area (Å²) >= 11 is 0. The third-order valence-corrected chi connectivity index (χ3v) is 3.90. The van der Waals surface area contributed by atoms with Gasteiger partial charge in [0.15, 0.2) is 0 Å². The SMILES string of the molecule is CNS(=O)(=O)C(C)c1ccc(F)cc1F. The Balaban J connectivity index is 3.18. The van der Waals surface area contributed by atoms with Gasteiger partial charge in [-0.15, -0.1) is 0 Å². The van der Waals surface area contributed by atoms with Crippen molar-refractivity contribution in [3.63, 3.8) is 0 Å². The molecule has 84 valence electrons. The van der Waals surface area contributed by atoms with Gasteiger partial charge >= 0.3 is 0 Å². The molecule has 0 radical (unpaired) electrons. The van der Waals surface area contributed by atoms with Crippen LogP contribution in [0.15, 0.2) is 18.2 Å². The second-order valence-corrected chi connectivity index (χ2v) is 5.26. The molecular weight excluding hydrogens is 224 g/mol. The van der Waals surface area contributed by atoms with Gasteiger partial charge in [-0.25, -0.2) is 21.9 Å². The van der Waals surface area contributed by atoms with Crippen molar-refractivity contribution >= 4 is 10.0 Å². The molecular formula is C9H11F2NO2S. The smallest absolute Gasteiger partial charge is 0.218 e. The minimum absolute atomic E-state index is 0.0502. The second kappa shape index (κ2) is 4.24. The first-order valence-corrected chi connectivity index (χ1v) is 5.80. The van der Waals surface area contributed by atoms with Gasteiger partial charge in [0.05, 0.1) is 0 Å². The Morgan fingerprint density at radius 1 is 1.33 bits per heavy atom. The lowest BCUT2D eigenvalue weighted by atomic mass is 10.1. The molecule has 1 aromatic carbocycles. The van der Waals surface area contributed by atoms with Crippen LogP contribution in [0.5, 0.6) is 0 Å². The van der Waals surface area contributed by atoms with Crippen molar-refractivity contribution < 1.29 is 17.2 Å². The van der Waals surface area contributed by atoms with Crippen LogP contribution in [-0.2, 0) is 10.0 Å². The summed E-state index contributed by atoms with van der Waals surface area (Å²) in [6.45, 7) is 1.34. The van der Waals surface area contributed by atoms with E-state index in [0.717, 1.165) is 12.1 Å². The van der Waals surface area contributed by atoms with Crippen molar-refractivity contribution in [2.75, 3.05) is 7.05 Å². The summed E-state index contributed by atoms with van der Waals surface area (Å²) in [7, 11) is -2.36. The molecule has 0 amide bonds. The second-order valence-electron chi connectivity index (χ2n) is 3.06. The number of hydrogen-bond acceptors (Lipinski definition) is 2. The van der Waals surface area contributed by atoms with Gasteiger partial charge in [0.2, 0.25) is 10.0 Å². The van der Waals surface area contributed by atoms with E-state index in [2.05, 4.69) is 4.72 Å². The third kappa shape index (κ3) is 2.51. The Labute approximate surface area is 87.2 Å². The van der Waals surface area contributed by atoms with Crippen LogP contribution in [0.3, 0.4) is 0 Å². The molecule has 0 aromatic heterocycles. The molecule has 0 spiro atoms. The Hall–Kier alpha value is -1.01. The lowest BCUT2D eigenvalue weighted by Crippen LogP contribution is -2.24. The molecule has 3 nitrogen and oxygen atoms in total.